The summed E-state index contributed by atoms with van der Waals surface area (Å²) >= 11 is 0. The fourth-order valence-electron chi connectivity index (χ4n) is 5.35. The molecule has 7 aromatic rings. The summed E-state index contributed by atoms with van der Waals surface area (Å²) in [6.45, 7) is 2.10. The first-order chi connectivity index (χ1) is 20.7. The van der Waals surface area contributed by atoms with Crippen LogP contribution in [0.1, 0.15) is 16.8 Å². The molecule has 4 heteroatoms. The van der Waals surface area contributed by atoms with Crippen molar-refractivity contribution < 1.29 is 0 Å². The number of H-pyrrole nitrogens is 1. The number of aromatic amines is 1. The Hall–Kier alpha value is -5.61. The molecular formula is C38H28N4. The predicted molar refractivity (Wildman–Crippen MR) is 173 cm³/mol. The highest BCUT2D eigenvalue weighted by atomic mass is 14.8. The molecule has 0 bridgehead atoms. The highest BCUT2D eigenvalue weighted by Crippen LogP contribution is 2.34. The van der Waals surface area contributed by atoms with E-state index in [9.17, 15) is 0 Å². The van der Waals surface area contributed by atoms with Crippen molar-refractivity contribution in [3.63, 3.8) is 0 Å². The second-order valence-corrected chi connectivity index (χ2v) is 10.4. The van der Waals surface area contributed by atoms with Gasteiger partial charge in [-0.25, -0.2) is 4.99 Å². The predicted octanol–water partition coefficient (Wildman–Crippen LogP) is 9.44. The number of hydrogen-bond acceptors (Lipinski definition) is 3. The molecule has 4 nitrogen and oxygen atoms in total. The zero-order chi connectivity index (χ0) is 28.3. The van der Waals surface area contributed by atoms with Crippen molar-refractivity contribution in [2.24, 2.45) is 4.99 Å². The first-order valence-corrected chi connectivity index (χ1v) is 14.0. The number of para-hydroxylation sites is 2. The fraction of sp³-hybridized carbons (Fsp3) is 0.0263. The number of hydrogen-bond donors (Lipinski definition) is 1. The van der Waals surface area contributed by atoms with E-state index in [0.717, 1.165) is 72.5 Å². The molecule has 0 unspecified atom stereocenters. The SMILES string of the molecule is Cc1ccccc1N=C(c1cccc(-c2cc(-c3ccncc3)cc(-c3ccncc3)c2)c1)c1cc2ccccc2[nH]1. The van der Waals surface area contributed by atoms with Crippen molar-refractivity contribution in [3.05, 3.63) is 163 Å². The lowest BCUT2D eigenvalue weighted by Crippen LogP contribution is -2.04. The van der Waals surface area contributed by atoms with Gasteiger partial charge in [0.15, 0.2) is 0 Å². The zero-order valence-corrected chi connectivity index (χ0v) is 23.2. The molecule has 0 atom stereocenters. The molecule has 200 valence electrons. The fourth-order valence-corrected chi connectivity index (χ4v) is 5.35. The molecule has 0 aliphatic heterocycles. The number of nitrogens with one attached hydrogen (secondary N) is 1. The van der Waals surface area contributed by atoms with E-state index < -0.39 is 0 Å². The smallest absolute Gasteiger partial charge is 0.0944 e. The normalized spacial score (nSPS) is 11.6. The van der Waals surface area contributed by atoms with E-state index in [0.29, 0.717) is 0 Å². The molecule has 7 rings (SSSR count). The average Bonchev–Trinajstić information content (AvgIpc) is 3.49. The number of benzene rings is 4. The summed E-state index contributed by atoms with van der Waals surface area (Å²) in [5.74, 6) is 0. The third-order valence-corrected chi connectivity index (χ3v) is 7.56. The molecule has 0 radical (unpaired) electrons. The van der Waals surface area contributed by atoms with Gasteiger partial charge in [0.1, 0.15) is 0 Å². The van der Waals surface area contributed by atoms with Crippen LogP contribution < -0.4 is 0 Å². The molecule has 0 aliphatic rings. The summed E-state index contributed by atoms with van der Waals surface area (Å²) in [5.41, 5.74) is 12.9. The van der Waals surface area contributed by atoms with E-state index in [2.05, 4.69) is 131 Å². The Morgan fingerprint density at radius 2 is 1.17 bits per heavy atom. The van der Waals surface area contributed by atoms with Crippen molar-refractivity contribution in [1.82, 2.24) is 15.0 Å². The summed E-state index contributed by atoms with van der Waals surface area (Å²) in [4.78, 5) is 17.3. The summed E-state index contributed by atoms with van der Waals surface area (Å²) < 4.78 is 0. The molecule has 0 fully saturated rings. The Bertz CT molecular complexity index is 1950. The lowest BCUT2D eigenvalue weighted by Gasteiger charge is -2.13. The number of aliphatic imine (C=N–C) groups is 1. The van der Waals surface area contributed by atoms with Gasteiger partial charge in [-0.1, -0.05) is 54.6 Å². The Labute approximate surface area is 245 Å². The van der Waals surface area contributed by atoms with Crippen molar-refractivity contribution in [2.45, 2.75) is 6.92 Å². The van der Waals surface area contributed by atoms with Crippen molar-refractivity contribution in [1.29, 1.82) is 0 Å². The summed E-state index contributed by atoms with van der Waals surface area (Å²) in [7, 11) is 0. The van der Waals surface area contributed by atoms with Gasteiger partial charge in [-0.15, -0.1) is 0 Å². The van der Waals surface area contributed by atoms with E-state index in [1.165, 1.54) is 0 Å². The van der Waals surface area contributed by atoms with Crippen LogP contribution in [0.15, 0.2) is 151 Å². The molecule has 0 saturated carbocycles. The van der Waals surface area contributed by atoms with Crippen LogP contribution >= 0.6 is 0 Å². The molecular weight excluding hydrogens is 512 g/mol. The third-order valence-electron chi connectivity index (χ3n) is 7.56. The lowest BCUT2D eigenvalue weighted by molar-refractivity contribution is 1.33. The number of fused-ring (bicyclic) bond motifs is 1. The Morgan fingerprint density at radius 3 is 1.83 bits per heavy atom. The van der Waals surface area contributed by atoms with Gasteiger partial charge in [0.05, 0.1) is 17.1 Å². The first kappa shape index (κ1) is 25.4. The number of nitrogens with zero attached hydrogens (tertiary/aromatic N) is 3. The minimum absolute atomic E-state index is 0.905. The molecule has 4 aromatic carbocycles. The third kappa shape index (κ3) is 5.14. The highest BCUT2D eigenvalue weighted by Gasteiger charge is 2.14. The summed E-state index contributed by atoms with van der Waals surface area (Å²) in [6.07, 6.45) is 7.35. The average molecular weight is 541 g/mol. The number of pyridine rings is 2. The van der Waals surface area contributed by atoms with Gasteiger partial charge >= 0.3 is 0 Å². The van der Waals surface area contributed by atoms with Crippen LogP contribution in [-0.2, 0) is 0 Å². The molecule has 3 heterocycles. The van der Waals surface area contributed by atoms with Crippen LogP contribution in [0.2, 0.25) is 0 Å². The highest BCUT2D eigenvalue weighted by molar-refractivity contribution is 6.15. The van der Waals surface area contributed by atoms with Gasteiger partial charge in [0.25, 0.3) is 0 Å². The minimum atomic E-state index is 0.905. The molecule has 0 saturated heterocycles. The van der Waals surface area contributed by atoms with Gasteiger partial charge in [-0.3, -0.25) is 9.97 Å². The second kappa shape index (κ2) is 11.1. The van der Waals surface area contributed by atoms with Crippen LogP contribution in [0.25, 0.3) is 44.3 Å². The Morgan fingerprint density at radius 1 is 0.548 bits per heavy atom. The van der Waals surface area contributed by atoms with Gasteiger partial charge in [-0.05, 0) is 113 Å². The molecule has 0 aliphatic carbocycles. The zero-order valence-electron chi connectivity index (χ0n) is 23.2. The number of aryl methyl sites for hydroxylation is 1. The minimum Gasteiger partial charge on any atom is -0.353 e. The maximum absolute atomic E-state index is 5.23. The molecule has 42 heavy (non-hydrogen) atoms. The van der Waals surface area contributed by atoms with Crippen molar-refractivity contribution >= 4 is 22.3 Å². The Kier molecular flexibility index (Phi) is 6.71. The second-order valence-electron chi connectivity index (χ2n) is 10.4. The van der Waals surface area contributed by atoms with E-state index in [4.69, 9.17) is 4.99 Å². The van der Waals surface area contributed by atoms with Crippen LogP contribution in [0.5, 0.6) is 0 Å². The van der Waals surface area contributed by atoms with Gasteiger partial charge in [0, 0.05) is 41.3 Å². The number of rotatable bonds is 6. The quantitative estimate of drug-likeness (QED) is 0.214. The van der Waals surface area contributed by atoms with Crippen molar-refractivity contribution in [3.8, 4) is 33.4 Å². The van der Waals surface area contributed by atoms with Crippen LogP contribution in [0.3, 0.4) is 0 Å². The number of aromatic nitrogens is 3. The summed E-state index contributed by atoms with van der Waals surface area (Å²) in [6, 6.07) is 42.4. The van der Waals surface area contributed by atoms with Gasteiger partial charge in [-0.2, -0.15) is 0 Å². The maximum atomic E-state index is 5.23. The van der Waals surface area contributed by atoms with Crippen LogP contribution in [0, 0.1) is 6.92 Å². The molecule has 0 spiro atoms. The monoisotopic (exact) mass is 540 g/mol. The standard InChI is InChI=1S/C38H28N4/c1-26-7-2-4-11-35(26)42-38(37-25-30-8-3-5-12-36(30)41-37)31-10-6-9-29(21-31)34-23-32(27-13-17-39-18-14-27)22-33(24-34)28-15-19-40-20-16-28/h2-25,41H,1H3. The molecule has 0 amide bonds. The van der Waals surface area contributed by atoms with Gasteiger partial charge in [0.2, 0.25) is 0 Å². The van der Waals surface area contributed by atoms with Crippen LogP contribution in [-0.4, -0.2) is 20.7 Å². The molecule has 3 aromatic heterocycles. The maximum Gasteiger partial charge on any atom is 0.0944 e. The van der Waals surface area contributed by atoms with Crippen LogP contribution in [0.4, 0.5) is 5.69 Å². The van der Waals surface area contributed by atoms with E-state index in [1.807, 2.05) is 36.9 Å². The lowest BCUT2D eigenvalue weighted by atomic mass is 9.92. The topological polar surface area (TPSA) is 53.9 Å². The van der Waals surface area contributed by atoms with E-state index in [1.54, 1.807) is 0 Å². The van der Waals surface area contributed by atoms with Gasteiger partial charge < -0.3 is 4.98 Å². The Balaban J connectivity index is 1.40. The summed E-state index contributed by atoms with van der Waals surface area (Å²) in [5, 5.41) is 1.16. The molecule has 1 N–H and O–H groups in total. The largest absolute Gasteiger partial charge is 0.353 e. The van der Waals surface area contributed by atoms with E-state index >= 15 is 0 Å². The van der Waals surface area contributed by atoms with E-state index in [-0.39, 0.29) is 0 Å². The van der Waals surface area contributed by atoms with Crippen molar-refractivity contribution in [2.75, 3.05) is 0 Å². The first-order valence-electron chi connectivity index (χ1n) is 14.0.